The van der Waals surface area contributed by atoms with Crippen LogP contribution in [0, 0.1) is 0 Å². The van der Waals surface area contributed by atoms with Gasteiger partial charge >= 0.3 is 0 Å². The van der Waals surface area contributed by atoms with Crippen LogP contribution in [0.3, 0.4) is 0 Å². The quantitative estimate of drug-likeness (QED) is 0.921. The lowest BCUT2D eigenvalue weighted by atomic mass is 10.2. The second-order valence-corrected chi connectivity index (χ2v) is 7.11. The predicted octanol–water partition coefficient (Wildman–Crippen LogP) is 1.76. The van der Waals surface area contributed by atoms with E-state index >= 15 is 0 Å². The fourth-order valence-electron chi connectivity index (χ4n) is 2.52. The molecule has 1 heterocycles. The average molecular weight is 310 g/mol. The summed E-state index contributed by atoms with van der Waals surface area (Å²) in [5.41, 5.74) is 0. The van der Waals surface area contributed by atoms with E-state index in [0.29, 0.717) is 0 Å². The fourth-order valence-corrected chi connectivity index (χ4v) is 3.73. The Bertz CT molecular complexity index is 564. The molecule has 5 nitrogen and oxygen atoms in total. The summed E-state index contributed by atoms with van der Waals surface area (Å²) in [7, 11) is -3.65. The van der Waals surface area contributed by atoms with Crippen LogP contribution in [0.25, 0.3) is 0 Å². The highest BCUT2D eigenvalue weighted by Gasteiger charge is 2.26. The lowest BCUT2D eigenvalue weighted by Gasteiger charge is -2.24. The predicted molar refractivity (Wildman–Crippen MR) is 81.3 cm³/mol. The monoisotopic (exact) mass is 310 g/mol. The minimum atomic E-state index is -3.65. The zero-order valence-corrected chi connectivity index (χ0v) is 13.1. The van der Waals surface area contributed by atoms with Gasteiger partial charge in [0.25, 0.3) is 0 Å². The molecule has 0 radical (unpaired) electrons. The smallest absolute Gasteiger partial charge is 0.241 e. The second-order valence-electron chi connectivity index (χ2n) is 5.40. The first-order chi connectivity index (χ1) is 10.0. The van der Waals surface area contributed by atoms with Crippen LogP contribution < -0.4 is 4.72 Å². The molecule has 2 rings (SSSR count). The SMILES string of the molecule is CC(NS(=O)(=O)c1ccccc1)C(=O)N1CCCCCC1. The molecule has 1 aromatic carbocycles. The van der Waals surface area contributed by atoms with Crippen molar-refractivity contribution in [3.8, 4) is 0 Å². The van der Waals surface area contributed by atoms with Crippen molar-refractivity contribution < 1.29 is 13.2 Å². The summed E-state index contributed by atoms with van der Waals surface area (Å²) in [5.74, 6) is -0.142. The lowest BCUT2D eigenvalue weighted by Crippen LogP contribution is -2.47. The van der Waals surface area contributed by atoms with Crippen molar-refractivity contribution in [2.75, 3.05) is 13.1 Å². The fraction of sp³-hybridized carbons (Fsp3) is 0.533. The third-order valence-electron chi connectivity index (χ3n) is 3.67. The van der Waals surface area contributed by atoms with Crippen LogP contribution in [0.4, 0.5) is 0 Å². The van der Waals surface area contributed by atoms with E-state index in [1.807, 2.05) is 0 Å². The van der Waals surface area contributed by atoms with Crippen molar-refractivity contribution in [2.45, 2.75) is 43.5 Å². The third-order valence-corrected chi connectivity index (χ3v) is 5.23. The Kier molecular flexibility index (Phi) is 5.36. The maximum Gasteiger partial charge on any atom is 0.241 e. The number of nitrogens with zero attached hydrogens (tertiary/aromatic N) is 1. The van der Waals surface area contributed by atoms with E-state index in [4.69, 9.17) is 0 Å². The molecule has 1 aliphatic heterocycles. The van der Waals surface area contributed by atoms with Gasteiger partial charge in [-0.2, -0.15) is 4.72 Å². The molecule has 0 aromatic heterocycles. The van der Waals surface area contributed by atoms with Crippen molar-refractivity contribution in [3.63, 3.8) is 0 Å². The maximum atomic E-state index is 12.4. The van der Waals surface area contributed by atoms with Crippen LogP contribution in [0.15, 0.2) is 35.2 Å². The van der Waals surface area contributed by atoms with Crippen molar-refractivity contribution >= 4 is 15.9 Å². The zero-order valence-electron chi connectivity index (χ0n) is 12.3. The number of hydrogen-bond donors (Lipinski definition) is 1. The van der Waals surface area contributed by atoms with Crippen LogP contribution in [0.5, 0.6) is 0 Å². The molecule has 1 aromatic rings. The topological polar surface area (TPSA) is 66.5 Å². The second kappa shape index (κ2) is 7.04. The zero-order chi connectivity index (χ0) is 15.3. The van der Waals surface area contributed by atoms with Gasteiger partial charge in [-0.15, -0.1) is 0 Å². The summed E-state index contributed by atoms with van der Waals surface area (Å²) in [6, 6.07) is 7.38. The van der Waals surface area contributed by atoms with E-state index in [9.17, 15) is 13.2 Å². The van der Waals surface area contributed by atoms with Gasteiger partial charge in [-0.05, 0) is 31.9 Å². The number of likely N-dealkylation sites (tertiary alicyclic amines) is 1. The average Bonchev–Trinajstić information content (AvgIpc) is 2.76. The first-order valence-electron chi connectivity index (χ1n) is 7.37. The van der Waals surface area contributed by atoms with Crippen molar-refractivity contribution in [3.05, 3.63) is 30.3 Å². The minimum Gasteiger partial charge on any atom is -0.341 e. The van der Waals surface area contributed by atoms with Gasteiger partial charge in [0.2, 0.25) is 15.9 Å². The number of rotatable bonds is 4. The van der Waals surface area contributed by atoms with Crippen molar-refractivity contribution in [1.82, 2.24) is 9.62 Å². The normalized spacial score (nSPS) is 18.0. The van der Waals surface area contributed by atoms with E-state index in [0.717, 1.165) is 38.8 Å². The number of nitrogens with one attached hydrogen (secondary N) is 1. The Labute approximate surface area is 126 Å². The summed E-state index contributed by atoms with van der Waals surface area (Å²) in [5, 5.41) is 0. The van der Waals surface area contributed by atoms with Crippen LogP contribution >= 0.6 is 0 Å². The van der Waals surface area contributed by atoms with Crippen molar-refractivity contribution in [2.24, 2.45) is 0 Å². The Morgan fingerprint density at radius 1 is 1.10 bits per heavy atom. The summed E-state index contributed by atoms with van der Waals surface area (Å²) in [6.45, 7) is 3.04. The number of carbonyl (C=O) groups is 1. The Hall–Kier alpha value is -1.40. The minimum absolute atomic E-state index is 0.142. The van der Waals surface area contributed by atoms with Gasteiger partial charge in [0.05, 0.1) is 10.9 Å². The molecule has 1 atom stereocenters. The highest BCUT2D eigenvalue weighted by atomic mass is 32.2. The van der Waals surface area contributed by atoms with Gasteiger partial charge < -0.3 is 4.90 Å². The van der Waals surface area contributed by atoms with Crippen LogP contribution in [-0.2, 0) is 14.8 Å². The molecule has 116 valence electrons. The molecule has 1 unspecified atom stereocenters. The summed E-state index contributed by atoms with van der Waals surface area (Å²) in [6.07, 6.45) is 4.25. The van der Waals surface area contributed by atoms with E-state index < -0.39 is 16.1 Å². The molecule has 6 heteroatoms. The molecule has 1 aliphatic rings. The Morgan fingerprint density at radius 3 is 2.24 bits per heavy atom. The van der Waals surface area contributed by atoms with Gasteiger partial charge in [0.15, 0.2) is 0 Å². The molecular formula is C15H22N2O3S. The maximum absolute atomic E-state index is 12.4. The number of carbonyl (C=O) groups excluding carboxylic acids is 1. The molecule has 1 saturated heterocycles. The first-order valence-corrected chi connectivity index (χ1v) is 8.85. The largest absolute Gasteiger partial charge is 0.341 e. The summed E-state index contributed by atoms with van der Waals surface area (Å²) >= 11 is 0. The number of amides is 1. The Morgan fingerprint density at radius 2 is 1.67 bits per heavy atom. The number of sulfonamides is 1. The van der Waals surface area contributed by atoms with Gasteiger partial charge in [-0.1, -0.05) is 31.0 Å². The van der Waals surface area contributed by atoms with Gasteiger partial charge in [0, 0.05) is 13.1 Å². The Balaban J connectivity index is 2.03. The highest BCUT2D eigenvalue weighted by molar-refractivity contribution is 7.89. The van der Waals surface area contributed by atoms with E-state index in [1.165, 1.54) is 12.1 Å². The molecule has 0 bridgehead atoms. The van der Waals surface area contributed by atoms with E-state index in [-0.39, 0.29) is 10.8 Å². The first kappa shape index (κ1) is 16.0. The van der Waals surface area contributed by atoms with E-state index in [1.54, 1.807) is 30.0 Å². The number of benzene rings is 1. The van der Waals surface area contributed by atoms with Gasteiger partial charge in [-0.3, -0.25) is 4.79 Å². The third kappa shape index (κ3) is 4.28. The molecule has 1 N–H and O–H groups in total. The molecule has 21 heavy (non-hydrogen) atoms. The van der Waals surface area contributed by atoms with Gasteiger partial charge in [0.1, 0.15) is 0 Å². The van der Waals surface area contributed by atoms with E-state index in [2.05, 4.69) is 4.72 Å². The van der Waals surface area contributed by atoms with Crippen LogP contribution in [0.1, 0.15) is 32.6 Å². The molecule has 1 fully saturated rings. The lowest BCUT2D eigenvalue weighted by molar-refractivity contribution is -0.132. The standard InChI is InChI=1S/C15H22N2O3S/c1-13(15(18)17-11-7-2-3-8-12-17)16-21(19,20)14-9-5-4-6-10-14/h4-6,9-10,13,16H,2-3,7-8,11-12H2,1H3. The van der Waals surface area contributed by atoms with Crippen LogP contribution in [0.2, 0.25) is 0 Å². The molecule has 0 aliphatic carbocycles. The summed E-state index contributed by atoms with van der Waals surface area (Å²) < 4.78 is 26.9. The molecular weight excluding hydrogens is 288 g/mol. The van der Waals surface area contributed by atoms with Crippen LogP contribution in [-0.4, -0.2) is 38.4 Å². The highest BCUT2D eigenvalue weighted by Crippen LogP contribution is 2.12. The van der Waals surface area contributed by atoms with Gasteiger partial charge in [-0.25, -0.2) is 8.42 Å². The van der Waals surface area contributed by atoms with Crippen molar-refractivity contribution in [1.29, 1.82) is 0 Å². The summed E-state index contributed by atoms with van der Waals surface area (Å²) in [4.78, 5) is 14.3. The molecule has 1 amide bonds. The molecule has 0 saturated carbocycles. The number of hydrogen-bond acceptors (Lipinski definition) is 3. The molecule has 0 spiro atoms.